The molecule has 1 fully saturated rings. The van der Waals surface area contributed by atoms with Gasteiger partial charge in [-0.1, -0.05) is 11.6 Å². The van der Waals surface area contributed by atoms with Crippen LogP contribution >= 0.6 is 11.6 Å². The quantitative estimate of drug-likeness (QED) is 0.908. The lowest BCUT2D eigenvalue weighted by molar-refractivity contribution is -0.138. The molecular formula is C12H12ClF3N2O2. The topological polar surface area (TPSA) is 53.4 Å². The first-order valence-corrected chi connectivity index (χ1v) is 6.34. The Kier molecular flexibility index (Phi) is 4.08. The number of pyridine rings is 1. The molecule has 0 atom stereocenters. The number of halogens is 4. The average Bonchev–Trinajstić information content (AvgIpc) is 3.10. The second-order valence-electron chi connectivity index (χ2n) is 4.74. The number of nitrogens with zero attached hydrogens (tertiary/aromatic N) is 2. The zero-order valence-electron chi connectivity index (χ0n) is 10.3. The Morgan fingerprint density at radius 2 is 2.15 bits per heavy atom. The van der Waals surface area contributed by atoms with Crippen molar-refractivity contribution >= 4 is 23.4 Å². The molecule has 0 radical (unpaired) electrons. The van der Waals surface area contributed by atoms with Crippen molar-refractivity contribution in [1.82, 2.24) is 4.98 Å². The fourth-order valence-electron chi connectivity index (χ4n) is 1.82. The van der Waals surface area contributed by atoms with Crippen molar-refractivity contribution in [3.63, 3.8) is 0 Å². The summed E-state index contributed by atoms with van der Waals surface area (Å²) in [5.74, 6) is -0.646. The highest BCUT2D eigenvalue weighted by Crippen LogP contribution is 2.35. The maximum atomic E-state index is 12.5. The maximum Gasteiger partial charge on any atom is 0.417 e. The van der Waals surface area contributed by atoms with Gasteiger partial charge in [-0.2, -0.15) is 13.2 Å². The summed E-state index contributed by atoms with van der Waals surface area (Å²) in [7, 11) is 0. The van der Waals surface area contributed by atoms with Gasteiger partial charge >= 0.3 is 12.1 Å². The van der Waals surface area contributed by atoms with Crippen LogP contribution in [-0.4, -0.2) is 29.1 Å². The van der Waals surface area contributed by atoms with Crippen molar-refractivity contribution in [1.29, 1.82) is 0 Å². The van der Waals surface area contributed by atoms with E-state index in [0.29, 0.717) is 18.7 Å². The fourth-order valence-corrected chi connectivity index (χ4v) is 2.11. The predicted octanol–water partition coefficient (Wildman–Crippen LogP) is 3.05. The number of carboxylic acids is 1. The fraction of sp³-hybridized carbons (Fsp3) is 0.500. The van der Waals surface area contributed by atoms with Crippen molar-refractivity contribution in [2.45, 2.75) is 19.0 Å². The van der Waals surface area contributed by atoms with Gasteiger partial charge in [0.1, 0.15) is 12.4 Å². The van der Waals surface area contributed by atoms with Gasteiger partial charge < -0.3 is 10.0 Å². The third kappa shape index (κ3) is 3.75. The summed E-state index contributed by atoms with van der Waals surface area (Å²) in [6.45, 7) is 0.0962. The Balaban J connectivity index is 2.25. The minimum absolute atomic E-state index is 0.0777. The lowest BCUT2D eigenvalue weighted by Gasteiger charge is -2.23. The summed E-state index contributed by atoms with van der Waals surface area (Å²) in [4.78, 5) is 15.9. The summed E-state index contributed by atoms with van der Waals surface area (Å²) in [5, 5.41) is 8.67. The van der Waals surface area contributed by atoms with Gasteiger partial charge in [-0.15, -0.1) is 0 Å². The summed E-state index contributed by atoms with van der Waals surface area (Å²) in [6, 6.07) is 0.769. The number of hydrogen-bond donors (Lipinski definition) is 1. The number of alkyl halides is 3. The van der Waals surface area contributed by atoms with E-state index in [4.69, 9.17) is 16.7 Å². The number of anilines is 1. The van der Waals surface area contributed by atoms with E-state index in [1.54, 1.807) is 0 Å². The molecule has 2 rings (SSSR count). The molecule has 0 aromatic carbocycles. The van der Waals surface area contributed by atoms with Crippen LogP contribution in [0.5, 0.6) is 0 Å². The molecule has 20 heavy (non-hydrogen) atoms. The van der Waals surface area contributed by atoms with Gasteiger partial charge in [0.15, 0.2) is 0 Å². The van der Waals surface area contributed by atoms with Crippen LogP contribution in [0.15, 0.2) is 12.3 Å². The number of aliphatic carboxylic acids is 1. The van der Waals surface area contributed by atoms with Gasteiger partial charge in [-0.3, -0.25) is 4.79 Å². The largest absolute Gasteiger partial charge is 0.480 e. The maximum absolute atomic E-state index is 12.5. The first kappa shape index (κ1) is 14.9. The van der Waals surface area contributed by atoms with Crippen LogP contribution in [-0.2, 0) is 11.0 Å². The molecule has 110 valence electrons. The van der Waals surface area contributed by atoms with Crippen molar-refractivity contribution in [2.24, 2.45) is 5.92 Å². The van der Waals surface area contributed by atoms with E-state index in [1.165, 1.54) is 4.90 Å². The summed E-state index contributed by atoms with van der Waals surface area (Å²) >= 11 is 5.82. The predicted molar refractivity (Wildman–Crippen MR) is 66.8 cm³/mol. The van der Waals surface area contributed by atoms with Gasteiger partial charge in [-0.25, -0.2) is 4.98 Å². The highest BCUT2D eigenvalue weighted by Gasteiger charge is 2.33. The van der Waals surface area contributed by atoms with E-state index in [0.717, 1.165) is 18.9 Å². The van der Waals surface area contributed by atoms with E-state index in [1.807, 2.05) is 0 Å². The van der Waals surface area contributed by atoms with E-state index >= 15 is 0 Å². The van der Waals surface area contributed by atoms with Gasteiger partial charge in [0.05, 0.1) is 10.6 Å². The molecule has 1 saturated carbocycles. The summed E-state index contributed by atoms with van der Waals surface area (Å²) < 4.78 is 37.6. The Morgan fingerprint density at radius 3 is 2.60 bits per heavy atom. The minimum atomic E-state index is -4.52. The minimum Gasteiger partial charge on any atom is -0.480 e. The first-order chi connectivity index (χ1) is 9.27. The van der Waals surface area contributed by atoms with Gasteiger partial charge in [0.25, 0.3) is 0 Å². The highest BCUT2D eigenvalue weighted by atomic mass is 35.5. The number of carbonyl (C=O) groups is 1. The Bertz CT molecular complexity index is 518. The average molecular weight is 309 g/mol. The van der Waals surface area contributed by atoms with Crippen molar-refractivity contribution in [3.05, 3.63) is 22.8 Å². The molecular weight excluding hydrogens is 297 g/mol. The van der Waals surface area contributed by atoms with Crippen LogP contribution < -0.4 is 4.90 Å². The molecule has 1 aromatic heterocycles. The molecule has 8 heteroatoms. The summed E-state index contributed by atoms with van der Waals surface area (Å²) in [5.41, 5.74) is -0.951. The second kappa shape index (κ2) is 5.47. The molecule has 1 aliphatic carbocycles. The molecule has 1 N–H and O–H groups in total. The Morgan fingerprint density at radius 1 is 1.50 bits per heavy atom. The third-order valence-electron chi connectivity index (χ3n) is 2.95. The molecule has 4 nitrogen and oxygen atoms in total. The molecule has 0 saturated heterocycles. The van der Waals surface area contributed by atoms with Gasteiger partial charge in [0, 0.05) is 12.7 Å². The van der Waals surface area contributed by atoms with E-state index < -0.39 is 17.7 Å². The molecule has 0 spiro atoms. The van der Waals surface area contributed by atoms with Crippen LogP contribution in [0.1, 0.15) is 18.4 Å². The lowest BCUT2D eigenvalue weighted by Crippen LogP contribution is -2.32. The standard InChI is InChI=1S/C12H12ClF3N2O2/c13-9-3-8(12(14,15)16)4-17-11(9)18(6-10(19)20)5-7-1-2-7/h3-4,7H,1-2,5-6H2,(H,19,20). The number of rotatable bonds is 5. The van der Waals surface area contributed by atoms with Gasteiger partial charge in [0.2, 0.25) is 0 Å². The van der Waals surface area contributed by atoms with Crippen molar-refractivity contribution < 1.29 is 23.1 Å². The highest BCUT2D eigenvalue weighted by molar-refractivity contribution is 6.33. The zero-order chi connectivity index (χ0) is 14.9. The van der Waals surface area contributed by atoms with Crippen molar-refractivity contribution in [2.75, 3.05) is 18.0 Å². The molecule has 0 amide bonds. The van der Waals surface area contributed by atoms with Crippen LogP contribution in [0, 0.1) is 5.92 Å². The zero-order valence-corrected chi connectivity index (χ0v) is 11.1. The van der Waals surface area contributed by atoms with Crippen LogP contribution in [0.25, 0.3) is 0 Å². The number of hydrogen-bond acceptors (Lipinski definition) is 3. The molecule has 0 aliphatic heterocycles. The first-order valence-electron chi connectivity index (χ1n) is 5.97. The van der Waals surface area contributed by atoms with Gasteiger partial charge in [-0.05, 0) is 24.8 Å². The normalized spacial score (nSPS) is 15.2. The molecule has 1 aromatic rings. The lowest BCUT2D eigenvalue weighted by atomic mass is 10.2. The van der Waals surface area contributed by atoms with Crippen LogP contribution in [0.4, 0.5) is 19.0 Å². The SMILES string of the molecule is O=C(O)CN(CC1CC1)c1ncc(C(F)(F)F)cc1Cl. The third-order valence-corrected chi connectivity index (χ3v) is 3.23. The molecule has 1 aliphatic rings. The second-order valence-corrected chi connectivity index (χ2v) is 5.15. The van der Waals surface area contributed by atoms with Crippen LogP contribution in [0.2, 0.25) is 5.02 Å². The Labute approximate surface area is 118 Å². The molecule has 1 heterocycles. The van der Waals surface area contributed by atoms with Crippen LogP contribution in [0.3, 0.4) is 0 Å². The Hall–Kier alpha value is -1.50. The van der Waals surface area contributed by atoms with E-state index in [-0.39, 0.29) is 17.4 Å². The van der Waals surface area contributed by atoms with Crippen molar-refractivity contribution in [3.8, 4) is 0 Å². The molecule has 0 bridgehead atoms. The smallest absolute Gasteiger partial charge is 0.417 e. The monoisotopic (exact) mass is 308 g/mol. The molecule has 0 unspecified atom stereocenters. The number of carboxylic acid groups (broad SMARTS) is 1. The number of aromatic nitrogens is 1. The van der Waals surface area contributed by atoms with E-state index in [9.17, 15) is 18.0 Å². The summed E-state index contributed by atoms with van der Waals surface area (Å²) in [6.07, 6.45) is -1.89. The van der Waals surface area contributed by atoms with E-state index in [2.05, 4.69) is 4.98 Å².